The molecule has 3 aromatic rings. The van der Waals surface area contributed by atoms with Crippen molar-refractivity contribution in [2.45, 2.75) is 37.6 Å². The lowest BCUT2D eigenvalue weighted by atomic mass is 9.87. The SMILES string of the molecule is COc1ccc2c(c1)C1(SCCN1C(=O)Nc1cccc(F)c1)C(=O)N2Cc1ccc(C(C)(C)C)cc1. The third-order valence-electron chi connectivity index (χ3n) is 6.88. The Kier molecular flexibility index (Phi) is 6.40. The van der Waals surface area contributed by atoms with Crippen LogP contribution in [0, 0.1) is 5.82 Å². The Bertz CT molecular complexity index is 1360. The minimum Gasteiger partial charge on any atom is -0.497 e. The number of hydrogen-bond donors (Lipinski definition) is 1. The van der Waals surface area contributed by atoms with Gasteiger partial charge in [-0.05, 0) is 52.9 Å². The lowest BCUT2D eigenvalue weighted by molar-refractivity contribution is -0.123. The van der Waals surface area contributed by atoms with Gasteiger partial charge < -0.3 is 15.0 Å². The number of ether oxygens (including phenoxy) is 1. The summed E-state index contributed by atoms with van der Waals surface area (Å²) in [5.41, 5.74) is 4.06. The highest BCUT2D eigenvalue weighted by atomic mass is 32.2. The van der Waals surface area contributed by atoms with Crippen LogP contribution in [0.1, 0.15) is 37.5 Å². The average molecular weight is 520 g/mol. The minimum atomic E-state index is -1.23. The fourth-order valence-corrected chi connectivity index (χ4v) is 6.38. The zero-order valence-electron chi connectivity index (χ0n) is 21.4. The van der Waals surface area contributed by atoms with Crippen molar-refractivity contribution in [3.63, 3.8) is 0 Å². The van der Waals surface area contributed by atoms with Crippen molar-refractivity contribution in [3.8, 4) is 5.75 Å². The molecule has 0 bridgehead atoms. The van der Waals surface area contributed by atoms with Gasteiger partial charge in [0.2, 0.25) is 0 Å². The highest BCUT2D eigenvalue weighted by molar-refractivity contribution is 8.01. The van der Waals surface area contributed by atoms with Gasteiger partial charge in [0, 0.05) is 23.5 Å². The zero-order chi connectivity index (χ0) is 26.4. The van der Waals surface area contributed by atoms with Gasteiger partial charge in [0.15, 0.2) is 4.87 Å². The van der Waals surface area contributed by atoms with E-state index in [1.165, 1.54) is 35.5 Å². The van der Waals surface area contributed by atoms with Gasteiger partial charge in [0.25, 0.3) is 5.91 Å². The number of amides is 3. The molecule has 1 unspecified atom stereocenters. The highest BCUT2D eigenvalue weighted by Crippen LogP contribution is 2.55. The van der Waals surface area contributed by atoms with Crippen LogP contribution in [0.5, 0.6) is 5.75 Å². The van der Waals surface area contributed by atoms with E-state index in [9.17, 15) is 14.0 Å². The van der Waals surface area contributed by atoms with E-state index < -0.39 is 16.7 Å². The topological polar surface area (TPSA) is 61.9 Å². The average Bonchev–Trinajstić information content (AvgIpc) is 3.41. The smallest absolute Gasteiger partial charge is 0.323 e. The second kappa shape index (κ2) is 9.41. The van der Waals surface area contributed by atoms with Crippen LogP contribution in [0.2, 0.25) is 0 Å². The number of thioether (sulfide) groups is 1. The monoisotopic (exact) mass is 519 g/mol. The molecular formula is C29H30FN3O3S. The van der Waals surface area contributed by atoms with Crippen molar-refractivity contribution in [2.75, 3.05) is 29.6 Å². The number of carbonyl (C=O) groups excluding carboxylic acids is 2. The Morgan fingerprint density at radius 3 is 2.54 bits per heavy atom. The number of nitrogens with zero attached hydrogens (tertiary/aromatic N) is 2. The number of methoxy groups -OCH3 is 1. The third-order valence-corrected chi connectivity index (χ3v) is 8.30. The van der Waals surface area contributed by atoms with Crippen molar-refractivity contribution < 1.29 is 18.7 Å². The van der Waals surface area contributed by atoms with Crippen LogP contribution in [0.4, 0.5) is 20.6 Å². The predicted octanol–water partition coefficient (Wildman–Crippen LogP) is 6.11. The van der Waals surface area contributed by atoms with Gasteiger partial charge in [-0.1, -0.05) is 51.1 Å². The van der Waals surface area contributed by atoms with Gasteiger partial charge in [0.1, 0.15) is 11.6 Å². The first-order valence-electron chi connectivity index (χ1n) is 12.2. The molecule has 1 spiro atoms. The van der Waals surface area contributed by atoms with Crippen LogP contribution in [-0.4, -0.2) is 36.2 Å². The highest BCUT2D eigenvalue weighted by Gasteiger charge is 2.59. The Morgan fingerprint density at radius 1 is 1.11 bits per heavy atom. The Labute approximate surface area is 220 Å². The number of benzene rings is 3. The molecule has 2 aliphatic heterocycles. The molecule has 1 atom stereocenters. The molecule has 3 amide bonds. The summed E-state index contributed by atoms with van der Waals surface area (Å²) in [7, 11) is 1.58. The maximum atomic E-state index is 14.2. The van der Waals surface area contributed by atoms with E-state index in [0.717, 1.165) is 16.8 Å². The Balaban J connectivity index is 1.51. The third kappa shape index (κ3) is 4.44. The fourth-order valence-electron chi connectivity index (χ4n) is 4.93. The molecule has 6 nitrogen and oxygen atoms in total. The summed E-state index contributed by atoms with van der Waals surface area (Å²) in [5.74, 6) is 0.583. The molecule has 37 heavy (non-hydrogen) atoms. The number of carbonyl (C=O) groups is 2. The molecule has 3 aromatic carbocycles. The van der Waals surface area contributed by atoms with Gasteiger partial charge in [-0.3, -0.25) is 9.69 Å². The molecule has 1 N–H and O–H groups in total. The molecule has 2 aliphatic rings. The summed E-state index contributed by atoms with van der Waals surface area (Å²) in [6, 6.07) is 19.1. The summed E-state index contributed by atoms with van der Waals surface area (Å²) in [4.78, 5) is 29.8. The standard InChI is InChI=1S/C29H30FN3O3S/c1-28(2,3)20-10-8-19(9-11-20)18-32-25-13-12-23(36-4)17-24(25)29(26(32)34)33(14-15-37-29)27(35)31-22-7-5-6-21(30)16-22/h5-13,16-17H,14-15,18H2,1-4H3,(H,31,35). The number of nitrogens with one attached hydrogen (secondary N) is 1. The molecular weight excluding hydrogens is 489 g/mol. The first-order chi connectivity index (χ1) is 17.6. The number of hydrogen-bond acceptors (Lipinski definition) is 4. The first kappa shape index (κ1) is 25.1. The normalized spacial score (nSPS) is 18.9. The van der Waals surface area contributed by atoms with Crippen LogP contribution in [0.15, 0.2) is 66.7 Å². The summed E-state index contributed by atoms with van der Waals surface area (Å²) in [6.45, 7) is 7.26. The second-order valence-electron chi connectivity index (χ2n) is 10.3. The molecule has 0 radical (unpaired) electrons. The second-order valence-corrected chi connectivity index (χ2v) is 11.6. The predicted molar refractivity (Wildman–Crippen MR) is 146 cm³/mol. The number of urea groups is 1. The summed E-state index contributed by atoms with van der Waals surface area (Å²) in [5, 5.41) is 2.77. The van der Waals surface area contributed by atoms with E-state index >= 15 is 0 Å². The summed E-state index contributed by atoms with van der Waals surface area (Å²) >= 11 is 1.44. The van der Waals surface area contributed by atoms with Gasteiger partial charge >= 0.3 is 6.03 Å². The molecule has 0 aliphatic carbocycles. The van der Waals surface area contributed by atoms with Gasteiger partial charge in [-0.15, -0.1) is 11.8 Å². The fraction of sp³-hybridized carbons (Fsp3) is 0.310. The maximum absolute atomic E-state index is 14.2. The maximum Gasteiger partial charge on any atom is 0.323 e. The van der Waals surface area contributed by atoms with Gasteiger partial charge in [-0.2, -0.15) is 0 Å². The number of anilines is 2. The molecule has 1 saturated heterocycles. The number of fused-ring (bicyclic) bond motifs is 2. The number of halogens is 1. The van der Waals surface area contributed by atoms with Crippen molar-refractivity contribution in [3.05, 3.63) is 89.2 Å². The molecule has 2 heterocycles. The molecule has 1 fully saturated rings. The van der Waals surface area contributed by atoms with E-state index in [1.807, 2.05) is 18.2 Å². The van der Waals surface area contributed by atoms with Gasteiger partial charge in [-0.25, -0.2) is 9.18 Å². The Hall–Kier alpha value is -3.52. The summed E-state index contributed by atoms with van der Waals surface area (Å²) < 4.78 is 19.2. The molecule has 192 valence electrons. The van der Waals surface area contributed by atoms with Crippen molar-refractivity contribution >= 4 is 35.1 Å². The van der Waals surface area contributed by atoms with Crippen LogP contribution in [0.3, 0.4) is 0 Å². The van der Waals surface area contributed by atoms with Crippen LogP contribution >= 0.6 is 11.8 Å². The summed E-state index contributed by atoms with van der Waals surface area (Å²) in [6.07, 6.45) is 0. The van der Waals surface area contributed by atoms with Gasteiger partial charge in [0.05, 0.1) is 19.3 Å². The lowest BCUT2D eigenvalue weighted by Crippen LogP contribution is -2.51. The van der Waals surface area contributed by atoms with Crippen molar-refractivity contribution in [2.24, 2.45) is 0 Å². The van der Waals surface area contributed by atoms with E-state index in [-0.39, 0.29) is 11.3 Å². The van der Waals surface area contributed by atoms with Crippen LogP contribution < -0.4 is 15.0 Å². The molecule has 5 rings (SSSR count). The van der Waals surface area contributed by atoms with E-state index in [2.05, 4.69) is 50.4 Å². The largest absolute Gasteiger partial charge is 0.497 e. The molecule has 0 aromatic heterocycles. The number of rotatable bonds is 4. The molecule has 0 saturated carbocycles. The minimum absolute atomic E-state index is 0.0330. The van der Waals surface area contributed by atoms with E-state index in [4.69, 9.17) is 4.74 Å². The van der Waals surface area contributed by atoms with E-state index in [0.29, 0.717) is 30.3 Å². The quantitative estimate of drug-likeness (QED) is 0.452. The van der Waals surface area contributed by atoms with Crippen molar-refractivity contribution in [1.82, 2.24) is 4.90 Å². The van der Waals surface area contributed by atoms with Crippen molar-refractivity contribution in [1.29, 1.82) is 0 Å². The zero-order valence-corrected chi connectivity index (χ0v) is 22.2. The lowest BCUT2D eigenvalue weighted by Gasteiger charge is -2.33. The molecule has 8 heteroatoms. The first-order valence-corrected chi connectivity index (χ1v) is 13.2. The Morgan fingerprint density at radius 2 is 1.86 bits per heavy atom. The van der Waals surface area contributed by atoms with Crippen LogP contribution in [0.25, 0.3) is 0 Å². The van der Waals surface area contributed by atoms with Crippen LogP contribution in [-0.2, 0) is 21.6 Å². The van der Waals surface area contributed by atoms with E-state index in [1.54, 1.807) is 23.0 Å².